The Balaban J connectivity index is 1.24. The van der Waals surface area contributed by atoms with Crippen molar-refractivity contribution in [3.05, 3.63) is 54.1 Å². The van der Waals surface area contributed by atoms with Crippen LogP contribution in [-0.2, 0) is 4.79 Å². The first-order valence-corrected chi connectivity index (χ1v) is 12.0. The molecule has 1 aromatic heterocycles. The number of anilines is 1. The van der Waals surface area contributed by atoms with E-state index in [0.717, 1.165) is 51.9 Å². The molecule has 1 N–H and O–H groups in total. The van der Waals surface area contributed by atoms with Gasteiger partial charge < -0.3 is 14.5 Å². The van der Waals surface area contributed by atoms with Crippen molar-refractivity contribution in [1.29, 1.82) is 0 Å². The molecule has 0 radical (unpaired) electrons. The van der Waals surface area contributed by atoms with Gasteiger partial charge >= 0.3 is 6.03 Å². The lowest BCUT2D eigenvalue weighted by Gasteiger charge is -2.34. The number of aromatic nitrogens is 1. The molecule has 7 nitrogen and oxygen atoms in total. The zero-order valence-corrected chi connectivity index (χ0v) is 19.4. The second-order valence-electron chi connectivity index (χ2n) is 8.23. The summed E-state index contributed by atoms with van der Waals surface area (Å²) in [5, 5.41) is 3.51. The third-order valence-electron chi connectivity index (χ3n) is 6.19. The van der Waals surface area contributed by atoms with Gasteiger partial charge in [-0.3, -0.25) is 10.1 Å². The molecule has 1 saturated heterocycles. The maximum Gasteiger partial charge on any atom is 0.323 e. The predicted octanol–water partition coefficient (Wildman–Crippen LogP) is 4.76. The molecule has 3 amide bonds. The number of para-hydroxylation sites is 1. The molecule has 0 saturated carbocycles. The molecular formula is C25H26N4O3S. The average Bonchev–Trinajstić information content (AvgIpc) is 3.53. The number of urea groups is 1. The smallest absolute Gasteiger partial charge is 0.323 e. The highest BCUT2D eigenvalue weighted by molar-refractivity contribution is 7.22. The fourth-order valence-corrected chi connectivity index (χ4v) is 5.27. The van der Waals surface area contributed by atoms with Gasteiger partial charge in [-0.1, -0.05) is 41.7 Å². The Morgan fingerprint density at radius 2 is 1.85 bits per heavy atom. The van der Waals surface area contributed by atoms with Gasteiger partial charge in [0.05, 0.1) is 17.3 Å². The summed E-state index contributed by atoms with van der Waals surface area (Å²) in [6.45, 7) is 2.17. The Morgan fingerprint density at radius 3 is 2.61 bits per heavy atom. The zero-order chi connectivity index (χ0) is 22.8. The Morgan fingerprint density at radius 1 is 1.06 bits per heavy atom. The molecule has 2 aromatic carbocycles. The van der Waals surface area contributed by atoms with Crippen LogP contribution in [0.4, 0.5) is 9.93 Å². The number of carbonyl (C=O) groups excluding carboxylic acids is 2. The number of allylic oxidation sites excluding steroid dienone is 1. The first-order chi connectivity index (χ1) is 16.1. The Labute approximate surface area is 196 Å². The predicted molar refractivity (Wildman–Crippen MR) is 131 cm³/mol. The summed E-state index contributed by atoms with van der Waals surface area (Å²) >= 11 is 1.45. The Hall–Kier alpha value is -3.39. The lowest BCUT2D eigenvalue weighted by Crippen LogP contribution is -2.51. The van der Waals surface area contributed by atoms with Gasteiger partial charge in [-0.05, 0) is 43.0 Å². The number of nitrogens with one attached hydrogen (secondary N) is 1. The summed E-state index contributed by atoms with van der Waals surface area (Å²) in [5.41, 5.74) is 3.82. The van der Waals surface area contributed by atoms with Crippen molar-refractivity contribution in [3.8, 4) is 16.9 Å². The van der Waals surface area contributed by atoms with E-state index >= 15 is 0 Å². The van der Waals surface area contributed by atoms with E-state index in [1.807, 2.05) is 47.4 Å². The highest BCUT2D eigenvalue weighted by Crippen LogP contribution is 2.34. The Bertz CT molecular complexity index is 1230. The highest BCUT2D eigenvalue weighted by atomic mass is 32.1. The molecule has 0 bridgehead atoms. The number of benzene rings is 2. The SMILES string of the molecule is COc1ccccc1-c1ccc2nc(NC(=O)N3CCN(C(=O)C4=CCCC4)CC3)sc2c1. The minimum Gasteiger partial charge on any atom is -0.496 e. The number of hydrogen-bond acceptors (Lipinski definition) is 5. The quantitative estimate of drug-likeness (QED) is 0.607. The number of piperazine rings is 1. The van der Waals surface area contributed by atoms with Crippen LogP contribution in [-0.4, -0.2) is 60.0 Å². The first kappa shape index (κ1) is 21.5. The molecule has 1 aliphatic carbocycles. The van der Waals surface area contributed by atoms with E-state index in [2.05, 4.69) is 16.4 Å². The second kappa shape index (κ2) is 9.23. The minimum absolute atomic E-state index is 0.129. The molecule has 0 spiro atoms. The number of ether oxygens (including phenoxy) is 1. The summed E-state index contributed by atoms with van der Waals surface area (Å²) in [5.74, 6) is 0.946. The van der Waals surface area contributed by atoms with Crippen LogP contribution >= 0.6 is 11.3 Å². The summed E-state index contributed by atoms with van der Waals surface area (Å²) < 4.78 is 6.48. The number of hydrogen-bond donors (Lipinski definition) is 1. The summed E-state index contributed by atoms with van der Waals surface area (Å²) in [4.78, 5) is 33.5. The molecule has 0 unspecified atom stereocenters. The van der Waals surface area contributed by atoms with Gasteiger partial charge in [0.15, 0.2) is 5.13 Å². The second-order valence-corrected chi connectivity index (χ2v) is 9.26. The molecular weight excluding hydrogens is 436 g/mol. The standard InChI is InChI=1S/C25H26N4O3S/c1-32-21-9-5-4-8-19(21)18-10-11-20-22(16-18)33-24(26-20)27-25(31)29-14-12-28(13-15-29)23(30)17-6-2-3-7-17/h4-6,8-11,16H,2-3,7,12-15H2,1H3,(H,26,27,31). The van der Waals surface area contributed by atoms with Crippen molar-refractivity contribution >= 4 is 38.6 Å². The largest absolute Gasteiger partial charge is 0.496 e. The van der Waals surface area contributed by atoms with Crippen LogP contribution in [0.3, 0.4) is 0 Å². The molecule has 3 aromatic rings. The normalized spacial score (nSPS) is 16.1. The number of methoxy groups -OCH3 is 1. The van der Waals surface area contributed by atoms with Gasteiger partial charge in [-0.15, -0.1) is 0 Å². The molecule has 2 aliphatic rings. The van der Waals surface area contributed by atoms with Crippen molar-refractivity contribution in [1.82, 2.24) is 14.8 Å². The lowest BCUT2D eigenvalue weighted by atomic mass is 10.0. The molecule has 33 heavy (non-hydrogen) atoms. The van der Waals surface area contributed by atoms with Gasteiger partial charge in [0.2, 0.25) is 5.91 Å². The lowest BCUT2D eigenvalue weighted by molar-refractivity contribution is -0.128. The minimum atomic E-state index is -0.175. The number of rotatable bonds is 4. The van der Waals surface area contributed by atoms with Crippen LogP contribution in [0.5, 0.6) is 5.75 Å². The monoisotopic (exact) mass is 462 g/mol. The van der Waals surface area contributed by atoms with Crippen LogP contribution < -0.4 is 10.1 Å². The van der Waals surface area contributed by atoms with E-state index in [9.17, 15) is 9.59 Å². The molecule has 1 fully saturated rings. The maximum atomic E-state index is 12.8. The van der Waals surface area contributed by atoms with Crippen LogP contribution in [0.1, 0.15) is 19.3 Å². The van der Waals surface area contributed by atoms with E-state index in [1.54, 1.807) is 12.0 Å². The molecule has 8 heteroatoms. The average molecular weight is 463 g/mol. The van der Waals surface area contributed by atoms with Crippen LogP contribution in [0.2, 0.25) is 0 Å². The van der Waals surface area contributed by atoms with Gasteiger partial charge in [-0.25, -0.2) is 9.78 Å². The van der Waals surface area contributed by atoms with Gasteiger partial charge in [0.25, 0.3) is 0 Å². The Kier molecular flexibility index (Phi) is 6.00. The molecule has 1 aliphatic heterocycles. The van der Waals surface area contributed by atoms with Gasteiger partial charge in [0, 0.05) is 37.3 Å². The van der Waals surface area contributed by atoms with E-state index in [-0.39, 0.29) is 11.9 Å². The maximum absolute atomic E-state index is 12.8. The van der Waals surface area contributed by atoms with Crippen LogP contribution in [0, 0.1) is 0 Å². The van der Waals surface area contributed by atoms with Crippen molar-refractivity contribution in [2.75, 3.05) is 38.6 Å². The van der Waals surface area contributed by atoms with Crippen molar-refractivity contribution in [2.24, 2.45) is 0 Å². The van der Waals surface area contributed by atoms with E-state index < -0.39 is 0 Å². The van der Waals surface area contributed by atoms with Gasteiger partial charge in [-0.2, -0.15) is 0 Å². The highest BCUT2D eigenvalue weighted by Gasteiger charge is 2.27. The fraction of sp³-hybridized carbons (Fsp3) is 0.320. The van der Waals surface area contributed by atoms with E-state index in [0.29, 0.717) is 31.3 Å². The van der Waals surface area contributed by atoms with Crippen LogP contribution in [0.15, 0.2) is 54.1 Å². The summed E-state index contributed by atoms with van der Waals surface area (Å²) in [6.07, 6.45) is 4.97. The number of fused-ring (bicyclic) bond motifs is 1. The molecule has 2 heterocycles. The summed E-state index contributed by atoms with van der Waals surface area (Å²) in [6, 6.07) is 13.8. The van der Waals surface area contributed by atoms with Crippen molar-refractivity contribution in [2.45, 2.75) is 19.3 Å². The molecule has 170 valence electrons. The van der Waals surface area contributed by atoms with Gasteiger partial charge in [0.1, 0.15) is 5.75 Å². The van der Waals surface area contributed by atoms with Crippen molar-refractivity contribution < 1.29 is 14.3 Å². The third-order valence-corrected chi connectivity index (χ3v) is 7.12. The number of nitrogens with zero attached hydrogens (tertiary/aromatic N) is 3. The van der Waals surface area contributed by atoms with E-state index in [1.165, 1.54) is 11.3 Å². The topological polar surface area (TPSA) is 74.8 Å². The third kappa shape index (κ3) is 4.43. The molecule has 0 atom stereocenters. The summed E-state index contributed by atoms with van der Waals surface area (Å²) in [7, 11) is 1.67. The zero-order valence-electron chi connectivity index (χ0n) is 18.5. The first-order valence-electron chi connectivity index (χ1n) is 11.2. The number of carbonyl (C=O) groups is 2. The van der Waals surface area contributed by atoms with Crippen molar-refractivity contribution in [3.63, 3.8) is 0 Å². The van der Waals surface area contributed by atoms with Crippen LogP contribution in [0.25, 0.3) is 21.3 Å². The fourth-order valence-electron chi connectivity index (χ4n) is 4.38. The number of thiazole rings is 1. The number of amides is 3. The molecule has 5 rings (SSSR count). The van der Waals surface area contributed by atoms with E-state index in [4.69, 9.17) is 4.74 Å².